The number of hydrogen-bond donors (Lipinski definition) is 1. The normalized spacial score (nSPS) is 21.4. The summed E-state index contributed by atoms with van der Waals surface area (Å²) >= 11 is 0. The van der Waals surface area contributed by atoms with Gasteiger partial charge in [-0.3, -0.25) is 4.79 Å². The Hall–Kier alpha value is -1.31. The number of carbonyl (C=O) groups excluding carboxylic acids is 1. The van der Waals surface area contributed by atoms with Gasteiger partial charge in [0, 0.05) is 12.1 Å². The van der Waals surface area contributed by atoms with Crippen molar-refractivity contribution in [1.82, 2.24) is 5.32 Å². The molecule has 1 N–H and O–H groups in total. The minimum atomic E-state index is -0.0758. The molecule has 1 rings (SSSR count). The highest BCUT2D eigenvalue weighted by atomic mass is 16.1. The molecule has 1 amide bonds. The molecule has 0 aromatic rings. The van der Waals surface area contributed by atoms with Gasteiger partial charge in [-0.15, -0.1) is 0 Å². The molecule has 1 aliphatic heterocycles. The Bertz CT molecular complexity index is 225. The van der Waals surface area contributed by atoms with Crippen molar-refractivity contribution in [1.29, 1.82) is 0 Å². The van der Waals surface area contributed by atoms with Crippen molar-refractivity contribution < 1.29 is 4.79 Å². The van der Waals surface area contributed by atoms with E-state index in [1.54, 1.807) is 12.2 Å². The van der Waals surface area contributed by atoms with Gasteiger partial charge in [-0.25, -0.2) is 0 Å². The average Bonchev–Trinajstić information content (AvgIpc) is 2.20. The van der Waals surface area contributed by atoms with Crippen molar-refractivity contribution in [2.24, 2.45) is 0 Å². The van der Waals surface area contributed by atoms with E-state index in [1.807, 2.05) is 0 Å². The molecule has 0 bridgehead atoms. The molecule has 0 radical (unpaired) electrons. The topological polar surface area (TPSA) is 29.1 Å². The molecule has 0 aliphatic carbocycles. The van der Waals surface area contributed by atoms with Crippen LogP contribution in [0.1, 0.15) is 0 Å². The summed E-state index contributed by atoms with van der Waals surface area (Å²) in [7, 11) is 0. The van der Waals surface area contributed by atoms with Gasteiger partial charge in [0.25, 0.3) is 5.91 Å². The molecule has 0 atom stereocenters. The molecule has 0 saturated carbocycles. The summed E-state index contributed by atoms with van der Waals surface area (Å²) in [5, 5.41) is 2.65. The lowest BCUT2D eigenvalue weighted by Gasteiger charge is -1.88. The number of amides is 1. The van der Waals surface area contributed by atoms with Crippen molar-refractivity contribution in [2.75, 3.05) is 6.54 Å². The first kappa shape index (κ1) is 6.81. The van der Waals surface area contributed by atoms with Crippen LogP contribution in [0.3, 0.4) is 0 Å². The maximum absolute atomic E-state index is 10.8. The van der Waals surface area contributed by atoms with Crippen LogP contribution < -0.4 is 5.32 Å². The highest BCUT2D eigenvalue weighted by molar-refractivity contribution is 6.00. The third kappa shape index (κ3) is 1.00. The number of carbonyl (C=O) groups is 1. The first-order chi connectivity index (χ1) is 4.75. The zero-order valence-corrected chi connectivity index (χ0v) is 5.68. The van der Waals surface area contributed by atoms with Crippen LogP contribution in [0, 0.1) is 0 Å². The summed E-state index contributed by atoms with van der Waals surface area (Å²) in [6.07, 6.45) is 3.45. The van der Waals surface area contributed by atoms with E-state index in [2.05, 4.69) is 18.5 Å². The molecule has 2 nitrogen and oxygen atoms in total. The van der Waals surface area contributed by atoms with Crippen molar-refractivity contribution in [2.45, 2.75) is 0 Å². The fourth-order valence-electron chi connectivity index (χ4n) is 0.836. The van der Waals surface area contributed by atoms with E-state index in [9.17, 15) is 4.79 Å². The number of nitrogens with one attached hydrogen (secondary N) is 1. The second-order valence-electron chi connectivity index (χ2n) is 2.09. The molecule has 1 saturated heterocycles. The van der Waals surface area contributed by atoms with E-state index in [0.717, 1.165) is 5.57 Å². The quantitative estimate of drug-likeness (QED) is 0.529. The molecular formula is C8H9NO. The summed E-state index contributed by atoms with van der Waals surface area (Å²) in [5.74, 6) is -0.0758. The predicted molar refractivity (Wildman–Crippen MR) is 40.4 cm³/mol. The highest BCUT2D eigenvalue weighted by Gasteiger charge is 2.18. The smallest absolute Gasteiger partial charge is 0.251 e. The Labute approximate surface area is 59.9 Å². The monoisotopic (exact) mass is 135 g/mol. The summed E-state index contributed by atoms with van der Waals surface area (Å²) in [6, 6.07) is 0. The van der Waals surface area contributed by atoms with Crippen LogP contribution in [0.5, 0.6) is 0 Å². The Kier molecular flexibility index (Phi) is 1.71. The lowest BCUT2D eigenvalue weighted by atomic mass is 10.1. The van der Waals surface area contributed by atoms with E-state index < -0.39 is 0 Å². The van der Waals surface area contributed by atoms with Crippen LogP contribution in [0.25, 0.3) is 0 Å². The van der Waals surface area contributed by atoms with Crippen LogP contribution >= 0.6 is 0 Å². The molecule has 0 unspecified atom stereocenters. The summed E-state index contributed by atoms with van der Waals surface area (Å²) in [5.41, 5.74) is 1.49. The minimum Gasteiger partial charge on any atom is -0.348 e. The van der Waals surface area contributed by atoms with E-state index in [0.29, 0.717) is 12.1 Å². The van der Waals surface area contributed by atoms with Gasteiger partial charge in [0.05, 0.1) is 0 Å². The number of rotatable bonds is 1. The van der Waals surface area contributed by atoms with Crippen LogP contribution in [-0.2, 0) is 4.79 Å². The standard InChI is InChI=1S/C8H9NO/c1-3-4-7-5-9-8(10)6(7)2/h3-4H,1-2,5H2,(H,9,10)/b7-4-. The van der Waals surface area contributed by atoms with Gasteiger partial charge < -0.3 is 5.32 Å². The van der Waals surface area contributed by atoms with Crippen LogP contribution in [0.4, 0.5) is 0 Å². The van der Waals surface area contributed by atoms with Gasteiger partial charge in [-0.05, 0) is 5.57 Å². The predicted octanol–water partition coefficient (Wildman–Crippen LogP) is 0.785. The maximum atomic E-state index is 10.8. The summed E-state index contributed by atoms with van der Waals surface area (Å²) in [6.45, 7) is 7.72. The largest absolute Gasteiger partial charge is 0.348 e. The second-order valence-corrected chi connectivity index (χ2v) is 2.09. The Morgan fingerprint density at radius 2 is 2.30 bits per heavy atom. The molecule has 1 aliphatic rings. The molecule has 10 heavy (non-hydrogen) atoms. The zero-order chi connectivity index (χ0) is 7.56. The molecule has 1 heterocycles. The molecule has 1 fully saturated rings. The van der Waals surface area contributed by atoms with Gasteiger partial charge in [-0.2, -0.15) is 0 Å². The third-order valence-electron chi connectivity index (χ3n) is 1.42. The van der Waals surface area contributed by atoms with Gasteiger partial charge in [0.1, 0.15) is 0 Å². The fraction of sp³-hybridized carbons (Fsp3) is 0.125. The summed E-state index contributed by atoms with van der Waals surface area (Å²) < 4.78 is 0. The second kappa shape index (κ2) is 2.52. The van der Waals surface area contributed by atoms with Crippen molar-refractivity contribution >= 4 is 5.91 Å². The summed E-state index contributed by atoms with van der Waals surface area (Å²) in [4.78, 5) is 10.8. The lowest BCUT2D eigenvalue weighted by Crippen LogP contribution is -2.13. The van der Waals surface area contributed by atoms with Crippen LogP contribution in [0.2, 0.25) is 0 Å². The fourth-order valence-corrected chi connectivity index (χ4v) is 0.836. The minimum absolute atomic E-state index is 0.0758. The highest BCUT2D eigenvalue weighted by Crippen LogP contribution is 2.12. The molecule has 52 valence electrons. The first-order valence-electron chi connectivity index (χ1n) is 3.05. The Morgan fingerprint density at radius 1 is 1.60 bits per heavy atom. The molecule has 2 heteroatoms. The maximum Gasteiger partial charge on any atom is 0.251 e. The van der Waals surface area contributed by atoms with Gasteiger partial charge in [0.2, 0.25) is 0 Å². The van der Waals surface area contributed by atoms with Gasteiger partial charge in [0.15, 0.2) is 0 Å². The zero-order valence-electron chi connectivity index (χ0n) is 5.68. The van der Waals surface area contributed by atoms with E-state index in [1.165, 1.54) is 0 Å². The molecule has 0 aromatic carbocycles. The SMILES string of the molecule is C=C/C=C1/CNC(=O)C1=C. The van der Waals surface area contributed by atoms with Gasteiger partial charge >= 0.3 is 0 Å². The van der Waals surface area contributed by atoms with E-state index in [4.69, 9.17) is 0 Å². The first-order valence-corrected chi connectivity index (χ1v) is 3.05. The van der Waals surface area contributed by atoms with Crippen molar-refractivity contribution in [3.05, 3.63) is 36.5 Å². The molecule has 0 spiro atoms. The van der Waals surface area contributed by atoms with Crippen LogP contribution in [-0.4, -0.2) is 12.5 Å². The van der Waals surface area contributed by atoms with Crippen molar-refractivity contribution in [3.63, 3.8) is 0 Å². The van der Waals surface area contributed by atoms with E-state index >= 15 is 0 Å². The van der Waals surface area contributed by atoms with E-state index in [-0.39, 0.29) is 5.91 Å². The van der Waals surface area contributed by atoms with Gasteiger partial charge in [-0.1, -0.05) is 25.3 Å². The third-order valence-corrected chi connectivity index (χ3v) is 1.42. The number of hydrogen-bond acceptors (Lipinski definition) is 1. The molecule has 0 aromatic heterocycles. The average molecular weight is 135 g/mol. The Morgan fingerprint density at radius 3 is 2.70 bits per heavy atom. The van der Waals surface area contributed by atoms with Crippen molar-refractivity contribution in [3.8, 4) is 0 Å². The Balaban J connectivity index is 2.85. The lowest BCUT2D eigenvalue weighted by molar-refractivity contribution is -0.116. The number of allylic oxidation sites excluding steroid dienone is 2. The molecular weight excluding hydrogens is 126 g/mol. The van der Waals surface area contributed by atoms with Crippen LogP contribution in [0.15, 0.2) is 36.5 Å².